The van der Waals surface area contributed by atoms with Gasteiger partial charge in [0.2, 0.25) is 0 Å². The van der Waals surface area contributed by atoms with Gasteiger partial charge in [-0.25, -0.2) is 0 Å². The van der Waals surface area contributed by atoms with Gasteiger partial charge < -0.3 is 4.74 Å². The average Bonchev–Trinajstić information content (AvgIpc) is 2.69. The van der Waals surface area contributed by atoms with Gasteiger partial charge in [-0.15, -0.1) is 0 Å². The molecule has 0 radical (unpaired) electrons. The van der Waals surface area contributed by atoms with Crippen LogP contribution in [0.4, 0.5) is 0 Å². The Morgan fingerprint density at radius 1 is 1.29 bits per heavy atom. The van der Waals surface area contributed by atoms with Crippen molar-refractivity contribution in [1.82, 2.24) is 9.78 Å². The number of benzene rings is 1. The molecule has 0 aliphatic heterocycles. The maximum absolute atomic E-state index is 5.98. The lowest BCUT2D eigenvalue weighted by atomic mass is 10.3. The predicted octanol–water partition coefficient (Wildman–Crippen LogP) is 3.58. The van der Waals surface area contributed by atoms with Crippen molar-refractivity contribution in [2.75, 3.05) is 6.61 Å². The SMILES string of the molecule is Cc1cnn(CCOc2c(Cl)cccc2Cl)c1. The number of ether oxygens (including phenoxy) is 1. The lowest BCUT2D eigenvalue weighted by Crippen LogP contribution is -2.08. The van der Waals surface area contributed by atoms with E-state index in [-0.39, 0.29) is 0 Å². The minimum atomic E-state index is 0.477. The van der Waals surface area contributed by atoms with Crippen molar-refractivity contribution in [3.63, 3.8) is 0 Å². The molecular formula is C12H12Cl2N2O. The highest BCUT2D eigenvalue weighted by molar-refractivity contribution is 6.37. The Morgan fingerprint density at radius 2 is 2.00 bits per heavy atom. The zero-order valence-electron chi connectivity index (χ0n) is 9.36. The van der Waals surface area contributed by atoms with Crippen LogP contribution in [0.2, 0.25) is 10.0 Å². The average molecular weight is 271 g/mol. The fourth-order valence-electron chi connectivity index (χ4n) is 1.45. The molecule has 0 saturated carbocycles. The van der Waals surface area contributed by atoms with E-state index in [1.807, 2.05) is 24.0 Å². The van der Waals surface area contributed by atoms with Crippen molar-refractivity contribution in [3.05, 3.63) is 46.2 Å². The molecule has 0 atom stereocenters. The van der Waals surface area contributed by atoms with Gasteiger partial charge in [0.15, 0.2) is 5.75 Å². The van der Waals surface area contributed by atoms with Crippen LogP contribution in [0.25, 0.3) is 0 Å². The summed E-state index contributed by atoms with van der Waals surface area (Å²) in [6.45, 7) is 3.13. The summed E-state index contributed by atoms with van der Waals surface area (Å²) < 4.78 is 7.38. The highest BCUT2D eigenvalue weighted by Crippen LogP contribution is 2.32. The number of hydrogen-bond donors (Lipinski definition) is 0. The Balaban J connectivity index is 1.94. The Hall–Kier alpha value is -1.19. The molecule has 1 aromatic carbocycles. The van der Waals surface area contributed by atoms with Gasteiger partial charge in [-0.05, 0) is 24.6 Å². The highest BCUT2D eigenvalue weighted by atomic mass is 35.5. The van der Waals surface area contributed by atoms with Crippen molar-refractivity contribution >= 4 is 23.2 Å². The van der Waals surface area contributed by atoms with Gasteiger partial charge in [-0.3, -0.25) is 4.68 Å². The standard InChI is InChI=1S/C12H12Cl2N2O/c1-9-7-15-16(8-9)5-6-17-12-10(13)3-2-4-11(12)14/h2-4,7-8H,5-6H2,1H3. The predicted molar refractivity (Wildman–Crippen MR) is 68.9 cm³/mol. The number of halogens is 2. The topological polar surface area (TPSA) is 27.1 Å². The monoisotopic (exact) mass is 270 g/mol. The van der Waals surface area contributed by atoms with Crippen molar-refractivity contribution in [3.8, 4) is 5.75 Å². The molecule has 0 bridgehead atoms. The second kappa shape index (κ2) is 5.43. The van der Waals surface area contributed by atoms with Gasteiger partial charge >= 0.3 is 0 Å². The first-order valence-electron chi connectivity index (χ1n) is 5.22. The lowest BCUT2D eigenvalue weighted by Gasteiger charge is -2.09. The number of hydrogen-bond acceptors (Lipinski definition) is 2. The molecule has 0 aliphatic carbocycles. The van der Waals surface area contributed by atoms with Crippen LogP contribution in [0.1, 0.15) is 5.56 Å². The third-order valence-corrected chi connectivity index (χ3v) is 2.84. The summed E-state index contributed by atoms with van der Waals surface area (Å²) >= 11 is 12.0. The van der Waals surface area contributed by atoms with E-state index in [1.165, 1.54) is 0 Å². The number of aromatic nitrogens is 2. The number of rotatable bonds is 4. The minimum absolute atomic E-state index is 0.477. The van der Waals surface area contributed by atoms with Gasteiger partial charge in [-0.1, -0.05) is 29.3 Å². The number of para-hydroxylation sites is 1. The molecule has 0 N–H and O–H groups in total. The molecule has 5 heteroatoms. The Morgan fingerprint density at radius 3 is 2.59 bits per heavy atom. The summed E-state index contributed by atoms with van der Waals surface area (Å²) in [5.41, 5.74) is 1.13. The Labute approximate surface area is 110 Å². The molecule has 1 aromatic heterocycles. The van der Waals surface area contributed by atoms with Crippen molar-refractivity contribution in [1.29, 1.82) is 0 Å². The number of aryl methyl sites for hydroxylation is 1. The van der Waals surface area contributed by atoms with E-state index in [2.05, 4.69) is 5.10 Å². The molecule has 0 fully saturated rings. The van der Waals surface area contributed by atoms with E-state index in [9.17, 15) is 0 Å². The minimum Gasteiger partial charge on any atom is -0.489 e. The molecule has 90 valence electrons. The van der Waals surface area contributed by atoms with Gasteiger partial charge in [-0.2, -0.15) is 5.10 Å². The molecule has 0 unspecified atom stereocenters. The quantitative estimate of drug-likeness (QED) is 0.849. The largest absolute Gasteiger partial charge is 0.489 e. The smallest absolute Gasteiger partial charge is 0.156 e. The number of nitrogens with zero attached hydrogens (tertiary/aromatic N) is 2. The van der Waals surface area contributed by atoms with Gasteiger partial charge in [0.25, 0.3) is 0 Å². The molecule has 0 amide bonds. The van der Waals surface area contributed by atoms with Crippen molar-refractivity contribution in [2.45, 2.75) is 13.5 Å². The van der Waals surface area contributed by atoms with Crippen LogP contribution in [0.15, 0.2) is 30.6 Å². The molecule has 3 nitrogen and oxygen atoms in total. The van der Waals surface area contributed by atoms with E-state index in [4.69, 9.17) is 27.9 Å². The maximum Gasteiger partial charge on any atom is 0.156 e. The first-order chi connectivity index (χ1) is 8.16. The molecule has 1 heterocycles. The van der Waals surface area contributed by atoms with Crippen molar-refractivity contribution < 1.29 is 4.74 Å². The van der Waals surface area contributed by atoms with Crippen LogP contribution in [-0.4, -0.2) is 16.4 Å². The zero-order valence-corrected chi connectivity index (χ0v) is 10.9. The van der Waals surface area contributed by atoms with Gasteiger partial charge in [0.1, 0.15) is 6.61 Å². The first kappa shape index (κ1) is 12.3. The fourth-order valence-corrected chi connectivity index (χ4v) is 1.96. The lowest BCUT2D eigenvalue weighted by molar-refractivity contribution is 0.291. The molecule has 2 aromatic rings. The van der Waals surface area contributed by atoms with E-state index >= 15 is 0 Å². The van der Waals surface area contributed by atoms with E-state index < -0.39 is 0 Å². The zero-order chi connectivity index (χ0) is 12.3. The summed E-state index contributed by atoms with van der Waals surface area (Å²) in [6.07, 6.45) is 3.76. The molecule has 0 spiro atoms. The maximum atomic E-state index is 5.98. The third-order valence-electron chi connectivity index (χ3n) is 2.25. The Kier molecular flexibility index (Phi) is 3.92. The van der Waals surface area contributed by atoms with Crippen LogP contribution >= 0.6 is 23.2 Å². The molecule has 17 heavy (non-hydrogen) atoms. The van der Waals surface area contributed by atoms with Gasteiger partial charge in [0.05, 0.1) is 22.8 Å². The highest BCUT2D eigenvalue weighted by Gasteiger charge is 2.06. The summed E-state index contributed by atoms with van der Waals surface area (Å²) in [7, 11) is 0. The Bertz CT molecular complexity index is 491. The summed E-state index contributed by atoms with van der Waals surface area (Å²) in [4.78, 5) is 0. The van der Waals surface area contributed by atoms with Crippen LogP contribution in [0, 0.1) is 6.92 Å². The first-order valence-corrected chi connectivity index (χ1v) is 5.98. The van der Waals surface area contributed by atoms with E-state index in [1.54, 1.807) is 18.2 Å². The normalized spacial score (nSPS) is 10.5. The second-order valence-electron chi connectivity index (χ2n) is 3.68. The molecule has 2 rings (SSSR count). The van der Waals surface area contributed by atoms with E-state index in [0.29, 0.717) is 28.9 Å². The van der Waals surface area contributed by atoms with Crippen molar-refractivity contribution in [2.24, 2.45) is 0 Å². The fraction of sp³-hybridized carbons (Fsp3) is 0.250. The third kappa shape index (κ3) is 3.14. The van der Waals surface area contributed by atoms with E-state index in [0.717, 1.165) is 5.56 Å². The summed E-state index contributed by atoms with van der Waals surface area (Å²) in [6, 6.07) is 5.29. The molecule has 0 aliphatic rings. The molecule has 0 saturated heterocycles. The second-order valence-corrected chi connectivity index (χ2v) is 4.49. The molecular weight excluding hydrogens is 259 g/mol. The van der Waals surface area contributed by atoms with Crippen LogP contribution in [0.5, 0.6) is 5.75 Å². The van der Waals surface area contributed by atoms with Crippen LogP contribution in [0.3, 0.4) is 0 Å². The van der Waals surface area contributed by atoms with Gasteiger partial charge in [0, 0.05) is 6.20 Å². The van der Waals surface area contributed by atoms with Crippen LogP contribution < -0.4 is 4.74 Å². The summed E-state index contributed by atoms with van der Waals surface area (Å²) in [5, 5.41) is 5.21. The van der Waals surface area contributed by atoms with Crippen LogP contribution in [-0.2, 0) is 6.54 Å². The summed E-state index contributed by atoms with van der Waals surface area (Å²) in [5.74, 6) is 0.528.